The Balaban J connectivity index is 2.00. The van der Waals surface area contributed by atoms with Crippen molar-refractivity contribution in [3.05, 3.63) is 35.0 Å². The maximum atomic E-state index is 6.41. The SMILES string of the molecule is CC(C)n1cc(CN2CCOCC2)c2cccc(Cl)c21. The molecule has 0 unspecified atom stereocenters. The van der Waals surface area contributed by atoms with Crippen LogP contribution < -0.4 is 0 Å². The number of halogens is 1. The lowest BCUT2D eigenvalue weighted by molar-refractivity contribution is 0.0343. The first kappa shape index (κ1) is 13.9. The molecule has 3 nitrogen and oxygen atoms in total. The van der Waals surface area contributed by atoms with Gasteiger partial charge in [0.1, 0.15) is 0 Å². The van der Waals surface area contributed by atoms with Crippen molar-refractivity contribution in [2.45, 2.75) is 26.4 Å². The molecule has 1 aromatic carbocycles. The predicted molar refractivity (Wildman–Crippen MR) is 83.4 cm³/mol. The van der Waals surface area contributed by atoms with Gasteiger partial charge in [0.25, 0.3) is 0 Å². The summed E-state index contributed by atoms with van der Waals surface area (Å²) in [4.78, 5) is 2.45. The molecule has 0 spiro atoms. The molecule has 108 valence electrons. The Hall–Kier alpha value is -1.03. The zero-order chi connectivity index (χ0) is 14.1. The molecule has 2 heterocycles. The molecular weight excluding hydrogens is 272 g/mol. The molecule has 1 aromatic heterocycles. The summed E-state index contributed by atoms with van der Waals surface area (Å²) in [5, 5.41) is 2.11. The van der Waals surface area contributed by atoms with Crippen LogP contribution in [0, 0.1) is 0 Å². The second-order valence-corrected chi connectivity index (χ2v) is 6.09. The van der Waals surface area contributed by atoms with E-state index in [1.165, 1.54) is 10.9 Å². The van der Waals surface area contributed by atoms with Crippen molar-refractivity contribution in [2.24, 2.45) is 0 Å². The van der Waals surface area contributed by atoms with Crippen LogP contribution in [0.25, 0.3) is 10.9 Å². The minimum absolute atomic E-state index is 0.413. The number of fused-ring (bicyclic) bond motifs is 1. The van der Waals surface area contributed by atoms with E-state index in [9.17, 15) is 0 Å². The highest BCUT2D eigenvalue weighted by molar-refractivity contribution is 6.35. The number of ether oxygens (including phenoxy) is 1. The molecule has 1 saturated heterocycles. The van der Waals surface area contributed by atoms with Crippen molar-refractivity contribution in [1.29, 1.82) is 0 Å². The van der Waals surface area contributed by atoms with E-state index in [0.717, 1.165) is 43.4 Å². The molecule has 0 radical (unpaired) electrons. The van der Waals surface area contributed by atoms with Gasteiger partial charge in [-0.25, -0.2) is 0 Å². The average Bonchev–Trinajstić information content (AvgIpc) is 2.81. The normalized spacial score (nSPS) is 17.2. The maximum Gasteiger partial charge on any atom is 0.0675 e. The summed E-state index contributed by atoms with van der Waals surface area (Å²) in [6.07, 6.45) is 2.26. The Morgan fingerprint density at radius 1 is 1.25 bits per heavy atom. The number of benzene rings is 1. The van der Waals surface area contributed by atoms with Crippen LogP contribution in [-0.4, -0.2) is 35.8 Å². The highest BCUT2D eigenvalue weighted by Gasteiger charge is 2.17. The van der Waals surface area contributed by atoms with E-state index < -0.39 is 0 Å². The lowest BCUT2D eigenvalue weighted by atomic mass is 10.1. The number of hydrogen-bond acceptors (Lipinski definition) is 2. The van der Waals surface area contributed by atoms with E-state index in [-0.39, 0.29) is 0 Å². The van der Waals surface area contributed by atoms with Crippen molar-refractivity contribution in [3.63, 3.8) is 0 Å². The molecule has 1 aliphatic heterocycles. The summed E-state index contributed by atoms with van der Waals surface area (Å²) in [6.45, 7) is 9.06. The monoisotopic (exact) mass is 292 g/mol. The minimum atomic E-state index is 0.413. The molecule has 3 rings (SSSR count). The van der Waals surface area contributed by atoms with Crippen LogP contribution in [0.4, 0.5) is 0 Å². The largest absolute Gasteiger partial charge is 0.379 e. The Morgan fingerprint density at radius 2 is 2.00 bits per heavy atom. The van der Waals surface area contributed by atoms with E-state index in [1.807, 2.05) is 12.1 Å². The molecule has 0 aliphatic carbocycles. The van der Waals surface area contributed by atoms with Gasteiger partial charge in [0.15, 0.2) is 0 Å². The minimum Gasteiger partial charge on any atom is -0.379 e. The van der Waals surface area contributed by atoms with Crippen LogP contribution in [0.3, 0.4) is 0 Å². The van der Waals surface area contributed by atoms with Crippen molar-refractivity contribution in [1.82, 2.24) is 9.47 Å². The van der Waals surface area contributed by atoms with Gasteiger partial charge < -0.3 is 9.30 Å². The first-order chi connectivity index (χ1) is 9.66. The van der Waals surface area contributed by atoms with Crippen LogP contribution in [-0.2, 0) is 11.3 Å². The Morgan fingerprint density at radius 3 is 2.70 bits per heavy atom. The van der Waals surface area contributed by atoms with E-state index >= 15 is 0 Å². The summed E-state index contributed by atoms with van der Waals surface area (Å²) in [6, 6.07) is 6.60. The van der Waals surface area contributed by atoms with Crippen LogP contribution in [0.2, 0.25) is 5.02 Å². The number of aromatic nitrogens is 1. The quantitative estimate of drug-likeness (QED) is 0.858. The van der Waals surface area contributed by atoms with Crippen LogP contribution in [0.15, 0.2) is 24.4 Å². The fraction of sp³-hybridized carbons (Fsp3) is 0.500. The zero-order valence-electron chi connectivity index (χ0n) is 12.1. The van der Waals surface area contributed by atoms with Gasteiger partial charge in [-0.05, 0) is 25.5 Å². The Bertz CT molecular complexity index is 600. The van der Waals surface area contributed by atoms with Gasteiger partial charge in [-0.2, -0.15) is 0 Å². The fourth-order valence-corrected chi connectivity index (χ4v) is 3.14. The molecule has 1 fully saturated rings. The van der Waals surface area contributed by atoms with E-state index in [4.69, 9.17) is 16.3 Å². The van der Waals surface area contributed by atoms with E-state index in [1.54, 1.807) is 0 Å². The van der Waals surface area contributed by atoms with E-state index in [2.05, 4.69) is 35.6 Å². The van der Waals surface area contributed by atoms with Crippen molar-refractivity contribution in [2.75, 3.05) is 26.3 Å². The highest BCUT2D eigenvalue weighted by Crippen LogP contribution is 2.31. The number of para-hydroxylation sites is 1. The highest BCUT2D eigenvalue weighted by atomic mass is 35.5. The van der Waals surface area contributed by atoms with Gasteiger partial charge in [0, 0.05) is 37.3 Å². The summed E-state index contributed by atoms with van der Waals surface area (Å²) in [5.41, 5.74) is 2.52. The van der Waals surface area contributed by atoms with Gasteiger partial charge in [-0.15, -0.1) is 0 Å². The second kappa shape index (κ2) is 5.76. The maximum absolute atomic E-state index is 6.41. The van der Waals surface area contributed by atoms with Gasteiger partial charge in [-0.1, -0.05) is 23.7 Å². The molecule has 4 heteroatoms. The first-order valence-electron chi connectivity index (χ1n) is 7.25. The molecule has 1 aliphatic rings. The summed E-state index contributed by atoms with van der Waals surface area (Å²) in [7, 11) is 0. The third-order valence-electron chi connectivity index (χ3n) is 3.94. The van der Waals surface area contributed by atoms with Gasteiger partial charge >= 0.3 is 0 Å². The lowest BCUT2D eigenvalue weighted by Crippen LogP contribution is -2.35. The van der Waals surface area contributed by atoms with Gasteiger partial charge in [0.05, 0.1) is 23.8 Å². The molecule has 0 amide bonds. The molecule has 0 N–H and O–H groups in total. The lowest BCUT2D eigenvalue weighted by Gasteiger charge is -2.26. The molecule has 0 bridgehead atoms. The smallest absolute Gasteiger partial charge is 0.0675 e. The fourth-order valence-electron chi connectivity index (χ4n) is 2.87. The molecule has 0 saturated carbocycles. The standard InChI is InChI=1S/C16H21ClN2O/c1-12(2)19-11-13(10-18-6-8-20-9-7-18)14-4-3-5-15(17)16(14)19/h3-5,11-12H,6-10H2,1-2H3. The molecule has 2 aromatic rings. The van der Waals surface area contributed by atoms with E-state index in [0.29, 0.717) is 6.04 Å². The molecule has 20 heavy (non-hydrogen) atoms. The van der Waals surface area contributed by atoms with Crippen molar-refractivity contribution < 1.29 is 4.74 Å². The summed E-state index contributed by atoms with van der Waals surface area (Å²) >= 11 is 6.41. The van der Waals surface area contributed by atoms with Crippen LogP contribution >= 0.6 is 11.6 Å². The number of hydrogen-bond donors (Lipinski definition) is 0. The third kappa shape index (κ3) is 2.58. The number of rotatable bonds is 3. The Labute approximate surface area is 125 Å². The molecular formula is C16H21ClN2O. The summed E-state index contributed by atoms with van der Waals surface area (Å²) < 4.78 is 7.70. The van der Waals surface area contributed by atoms with Crippen LogP contribution in [0.1, 0.15) is 25.5 Å². The average molecular weight is 293 g/mol. The van der Waals surface area contributed by atoms with Crippen LogP contribution in [0.5, 0.6) is 0 Å². The van der Waals surface area contributed by atoms with Gasteiger partial charge in [-0.3, -0.25) is 4.90 Å². The third-order valence-corrected chi connectivity index (χ3v) is 4.24. The van der Waals surface area contributed by atoms with Crippen molar-refractivity contribution >= 4 is 22.5 Å². The topological polar surface area (TPSA) is 17.4 Å². The molecule has 0 atom stereocenters. The summed E-state index contributed by atoms with van der Waals surface area (Å²) in [5.74, 6) is 0. The second-order valence-electron chi connectivity index (χ2n) is 5.68. The number of nitrogens with zero attached hydrogens (tertiary/aromatic N) is 2. The van der Waals surface area contributed by atoms with Crippen molar-refractivity contribution in [3.8, 4) is 0 Å². The Kier molecular flexibility index (Phi) is 4.01. The number of morpholine rings is 1. The predicted octanol–water partition coefficient (Wildman–Crippen LogP) is 3.71. The first-order valence-corrected chi connectivity index (χ1v) is 7.62. The van der Waals surface area contributed by atoms with Gasteiger partial charge in [0.2, 0.25) is 0 Å². The zero-order valence-corrected chi connectivity index (χ0v) is 12.9.